The monoisotopic (exact) mass is 319 g/mol. The molecule has 0 spiro atoms. The second-order valence-corrected chi connectivity index (χ2v) is 7.73. The molecule has 4 rings (SSSR count). The molecule has 118 valence electrons. The van der Waals surface area contributed by atoms with Crippen LogP contribution in [0.5, 0.6) is 0 Å². The number of fused-ring (bicyclic) bond motifs is 1. The minimum absolute atomic E-state index is 0.102. The summed E-state index contributed by atoms with van der Waals surface area (Å²) >= 11 is 1.54. The van der Waals surface area contributed by atoms with E-state index in [1.54, 1.807) is 0 Å². The Balaban J connectivity index is 1.42. The molecule has 0 atom stereocenters. The third kappa shape index (κ3) is 2.76. The maximum absolute atomic E-state index is 12.5. The van der Waals surface area contributed by atoms with Gasteiger partial charge in [-0.3, -0.25) is 9.59 Å². The van der Waals surface area contributed by atoms with Crippen LogP contribution in [0.4, 0.5) is 5.13 Å². The molecule has 1 aromatic rings. The summed E-state index contributed by atoms with van der Waals surface area (Å²) in [7, 11) is 0. The lowest BCUT2D eigenvalue weighted by molar-refractivity contribution is -0.136. The SMILES string of the molecule is O=C(Nc1nc2c(s1)CN(C(=O)C1CCCC1)CC2)C1CC1. The van der Waals surface area contributed by atoms with Crippen molar-refractivity contribution in [2.45, 2.75) is 51.5 Å². The quantitative estimate of drug-likeness (QED) is 0.931. The first-order valence-electron chi connectivity index (χ1n) is 8.29. The van der Waals surface area contributed by atoms with Crippen LogP contribution in [0.25, 0.3) is 0 Å². The van der Waals surface area contributed by atoms with Crippen LogP contribution in [0, 0.1) is 11.8 Å². The number of rotatable bonds is 3. The van der Waals surface area contributed by atoms with Gasteiger partial charge in [0.1, 0.15) is 0 Å². The van der Waals surface area contributed by atoms with Gasteiger partial charge in [0.15, 0.2) is 5.13 Å². The minimum Gasteiger partial charge on any atom is -0.337 e. The Labute approximate surface area is 134 Å². The number of hydrogen-bond donors (Lipinski definition) is 1. The second-order valence-electron chi connectivity index (χ2n) is 6.64. The zero-order chi connectivity index (χ0) is 15.1. The highest BCUT2D eigenvalue weighted by molar-refractivity contribution is 7.15. The lowest BCUT2D eigenvalue weighted by Crippen LogP contribution is -2.38. The van der Waals surface area contributed by atoms with Crippen molar-refractivity contribution in [2.75, 3.05) is 11.9 Å². The third-order valence-corrected chi connectivity index (χ3v) is 5.92. The van der Waals surface area contributed by atoms with Crippen LogP contribution in [0.2, 0.25) is 0 Å². The summed E-state index contributed by atoms with van der Waals surface area (Å²) < 4.78 is 0. The zero-order valence-corrected chi connectivity index (χ0v) is 13.5. The molecule has 2 amide bonds. The Morgan fingerprint density at radius 3 is 2.64 bits per heavy atom. The largest absolute Gasteiger partial charge is 0.337 e. The molecule has 0 aromatic carbocycles. The lowest BCUT2D eigenvalue weighted by Gasteiger charge is -2.28. The lowest BCUT2D eigenvalue weighted by atomic mass is 10.0. The van der Waals surface area contributed by atoms with E-state index in [1.165, 1.54) is 24.2 Å². The van der Waals surface area contributed by atoms with Crippen LogP contribution in [-0.2, 0) is 22.6 Å². The van der Waals surface area contributed by atoms with Crippen LogP contribution in [0.1, 0.15) is 49.1 Å². The fourth-order valence-corrected chi connectivity index (χ4v) is 4.45. The summed E-state index contributed by atoms with van der Waals surface area (Å²) in [5, 5.41) is 3.63. The number of carbonyl (C=O) groups excluding carboxylic acids is 2. The van der Waals surface area contributed by atoms with Gasteiger partial charge in [-0.1, -0.05) is 24.2 Å². The van der Waals surface area contributed by atoms with Crippen LogP contribution in [0.15, 0.2) is 0 Å². The van der Waals surface area contributed by atoms with Crippen molar-refractivity contribution in [1.82, 2.24) is 9.88 Å². The average molecular weight is 319 g/mol. The first kappa shape index (κ1) is 14.2. The molecule has 6 heteroatoms. The molecule has 0 bridgehead atoms. The average Bonchev–Trinajstić information content (AvgIpc) is 3.08. The number of amides is 2. The molecule has 22 heavy (non-hydrogen) atoms. The highest BCUT2D eigenvalue weighted by Gasteiger charge is 2.32. The number of nitrogens with one attached hydrogen (secondary N) is 1. The Morgan fingerprint density at radius 2 is 1.91 bits per heavy atom. The van der Waals surface area contributed by atoms with E-state index >= 15 is 0 Å². The normalized spacial score (nSPS) is 21.7. The molecule has 1 aliphatic heterocycles. The van der Waals surface area contributed by atoms with E-state index in [4.69, 9.17) is 0 Å². The predicted molar refractivity (Wildman–Crippen MR) is 84.5 cm³/mol. The third-order valence-electron chi connectivity index (χ3n) is 4.93. The molecule has 2 saturated carbocycles. The van der Waals surface area contributed by atoms with Gasteiger partial charge >= 0.3 is 0 Å². The number of aromatic nitrogens is 1. The molecular weight excluding hydrogens is 298 g/mol. The van der Waals surface area contributed by atoms with Gasteiger partial charge in [0, 0.05) is 29.7 Å². The maximum Gasteiger partial charge on any atom is 0.229 e. The topological polar surface area (TPSA) is 62.3 Å². The van der Waals surface area contributed by atoms with E-state index in [9.17, 15) is 9.59 Å². The van der Waals surface area contributed by atoms with E-state index in [0.717, 1.165) is 49.2 Å². The van der Waals surface area contributed by atoms with E-state index in [-0.39, 0.29) is 17.7 Å². The maximum atomic E-state index is 12.5. The molecule has 0 saturated heterocycles. The fraction of sp³-hybridized carbons (Fsp3) is 0.688. The van der Waals surface area contributed by atoms with Gasteiger partial charge in [-0.15, -0.1) is 0 Å². The van der Waals surface area contributed by atoms with Crippen molar-refractivity contribution in [3.63, 3.8) is 0 Å². The molecule has 2 fully saturated rings. The molecule has 3 aliphatic rings. The van der Waals surface area contributed by atoms with Crippen molar-refractivity contribution in [3.8, 4) is 0 Å². The molecule has 5 nitrogen and oxygen atoms in total. The van der Waals surface area contributed by atoms with Crippen LogP contribution >= 0.6 is 11.3 Å². The molecule has 2 heterocycles. The standard InChI is InChI=1S/C16H21N3O2S/c20-14(10-5-6-10)18-16-17-12-7-8-19(9-13(12)22-16)15(21)11-3-1-2-4-11/h10-11H,1-9H2,(H,17,18,20). The fourth-order valence-electron chi connectivity index (χ4n) is 3.42. The molecule has 1 N–H and O–H groups in total. The predicted octanol–water partition coefficient (Wildman–Crippen LogP) is 2.57. The Bertz CT molecular complexity index is 603. The van der Waals surface area contributed by atoms with Crippen LogP contribution < -0.4 is 5.32 Å². The second kappa shape index (κ2) is 5.65. The van der Waals surface area contributed by atoms with Crippen LogP contribution in [0.3, 0.4) is 0 Å². The van der Waals surface area contributed by atoms with Gasteiger partial charge < -0.3 is 10.2 Å². The van der Waals surface area contributed by atoms with Gasteiger partial charge in [0.25, 0.3) is 0 Å². The minimum atomic E-state index is 0.102. The first-order chi connectivity index (χ1) is 10.7. The molecule has 0 unspecified atom stereocenters. The summed E-state index contributed by atoms with van der Waals surface area (Å²) in [6.45, 7) is 1.43. The molecule has 1 aromatic heterocycles. The van der Waals surface area contributed by atoms with E-state index < -0.39 is 0 Å². The molecule has 0 radical (unpaired) electrons. The van der Waals surface area contributed by atoms with E-state index in [1.807, 2.05) is 4.90 Å². The Hall–Kier alpha value is -1.43. The van der Waals surface area contributed by atoms with Gasteiger partial charge in [-0.25, -0.2) is 4.98 Å². The van der Waals surface area contributed by atoms with Crippen molar-refractivity contribution in [1.29, 1.82) is 0 Å². The van der Waals surface area contributed by atoms with E-state index in [0.29, 0.717) is 17.6 Å². The van der Waals surface area contributed by atoms with E-state index in [2.05, 4.69) is 10.3 Å². The summed E-state index contributed by atoms with van der Waals surface area (Å²) in [5.41, 5.74) is 1.06. The first-order valence-corrected chi connectivity index (χ1v) is 9.10. The van der Waals surface area contributed by atoms with Gasteiger partial charge in [-0.2, -0.15) is 0 Å². The Morgan fingerprint density at radius 1 is 1.14 bits per heavy atom. The van der Waals surface area contributed by atoms with Crippen molar-refractivity contribution >= 4 is 28.3 Å². The number of carbonyl (C=O) groups is 2. The van der Waals surface area contributed by atoms with Crippen LogP contribution in [-0.4, -0.2) is 28.2 Å². The molecule has 2 aliphatic carbocycles. The van der Waals surface area contributed by atoms with Gasteiger partial charge in [0.05, 0.1) is 12.2 Å². The highest BCUT2D eigenvalue weighted by Crippen LogP contribution is 2.34. The number of nitrogens with zero attached hydrogens (tertiary/aromatic N) is 2. The summed E-state index contributed by atoms with van der Waals surface area (Å²) in [6, 6.07) is 0. The van der Waals surface area contributed by atoms with Crippen molar-refractivity contribution in [3.05, 3.63) is 10.6 Å². The van der Waals surface area contributed by atoms with Gasteiger partial charge in [-0.05, 0) is 25.7 Å². The Kier molecular flexibility index (Phi) is 3.64. The summed E-state index contributed by atoms with van der Waals surface area (Å²) in [5.74, 6) is 0.856. The smallest absolute Gasteiger partial charge is 0.229 e. The zero-order valence-electron chi connectivity index (χ0n) is 12.6. The summed E-state index contributed by atoms with van der Waals surface area (Å²) in [4.78, 5) is 32.0. The number of anilines is 1. The van der Waals surface area contributed by atoms with Crippen molar-refractivity contribution < 1.29 is 9.59 Å². The van der Waals surface area contributed by atoms with Gasteiger partial charge in [0.2, 0.25) is 11.8 Å². The number of thiazole rings is 1. The molecular formula is C16H21N3O2S. The number of hydrogen-bond acceptors (Lipinski definition) is 4. The summed E-state index contributed by atoms with van der Waals surface area (Å²) in [6.07, 6.45) is 7.28. The van der Waals surface area contributed by atoms with Crippen molar-refractivity contribution in [2.24, 2.45) is 11.8 Å². The highest BCUT2D eigenvalue weighted by atomic mass is 32.1.